The van der Waals surface area contributed by atoms with E-state index >= 15 is 0 Å². The molecule has 1 saturated carbocycles. The number of hydrogen-bond acceptors (Lipinski definition) is 7. The SMILES string of the molecule is CC(C)C1CCN(C(=O)[C@@H](NC(=O)N[C@H](CN(C)S(=O)(=O)N(C)C)C(C)C)C(C)(C)C)[C@@H]1C(=O)NC(CC1CCC1)C(=O)C(N)=O. The molecular weight excluding hydrogens is 614 g/mol. The van der Waals surface area contributed by atoms with Crippen molar-refractivity contribution in [1.82, 2.24) is 29.5 Å². The molecular formula is C31H57N7O7S. The summed E-state index contributed by atoms with van der Waals surface area (Å²) < 4.78 is 27.4. The first-order chi connectivity index (χ1) is 21.1. The minimum absolute atomic E-state index is 0.0101. The van der Waals surface area contributed by atoms with Gasteiger partial charge in [0.2, 0.25) is 17.6 Å². The molecule has 0 aromatic rings. The van der Waals surface area contributed by atoms with E-state index in [4.69, 9.17) is 5.73 Å². The summed E-state index contributed by atoms with van der Waals surface area (Å²) in [6.07, 6.45) is 3.69. The maximum absolute atomic E-state index is 14.2. The number of carbonyl (C=O) groups excluding carboxylic acids is 5. The van der Waals surface area contributed by atoms with Crippen molar-refractivity contribution in [3.8, 4) is 0 Å². The molecule has 0 aromatic heterocycles. The predicted molar refractivity (Wildman–Crippen MR) is 175 cm³/mol. The number of nitrogens with two attached hydrogens (primary N) is 1. The lowest BCUT2D eigenvalue weighted by molar-refractivity contribution is -0.144. The Morgan fingerprint density at radius 1 is 0.935 bits per heavy atom. The maximum atomic E-state index is 14.2. The van der Waals surface area contributed by atoms with Crippen molar-refractivity contribution in [2.75, 3.05) is 34.2 Å². The molecule has 5 N–H and O–H groups in total. The Labute approximate surface area is 275 Å². The van der Waals surface area contributed by atoms with Gasteiger partial charge in [-0.05, 0) is 41.9 Å². The van der Waals surface area contributed by atoms with Gasteiger partial charge in [0, 0.05) is 40.3 Å². The Morgan fingerprint density at radius 2 is 1.52 bits per heavy atom. The summed E-state index contributed by atoms with van der Waals surface area (Å²) in [5.74, 6) is -3.06. The summed E-state index contributed by atoms with van der Waals surface area (Å²) in [7, 11) is 0.573. The van der Waals surface area contributed by atoms with Crippen molar-refractivity contribution in [1.29, 1.82) is 0 Å². The van der Waals surface area contributed by atoms with Gasteiger partial charge in [-0.3, -0.25) is 19.2 Å². The standard InChI is InChI=1S/C31H57N7O7S/c1-18(2)21-14-15-38(24(21)28(41)33-22(25(39)27(32)40)16-20-12-11-13-20)29(42)26(31(5,6)7)35-30(43)34-23(19(3)4)17-37(10)46(44,45)36(8)9/h18-24,26H,11-17H2,1-10H3,(H2,32,40)(H,33,41)(H2,34,35,43)/t21?,22?,23-,24+,26-/m1/s1. The van der Waals surface area contributed by atoms with Crippen LogP contribution >= 0.6 is 0 Å². The first-order valence-electron chi connectivity index (χ1n) is 16.2. The molecule has 1 aliphatic heterocycles. The van der Waals surface area contributed by atoms with E-state index in [9.17, 15) is 32.4 Å². The lowest BCUT2D eigenvalue weighted by atomic mass is 9.80. The highest BCUT2D eigenvalue weighted by atomic mass is 32.2. The van der Waals surface area contributed by atoms with Crippen molar-refractivity contribution in [2.24, 2.45) is 34.8 Å². The van der Waals surface area contributed by atoms with Crippen LogP contribution in [0.15, 0.2) is 0 Å². The molecule has 14 nitrogen and oxygen atoms in total. The number of Topliss-reactive ketones (excluding diaryl/α,β-unsaturated/α-hetero) is 1. The van der Waals surface area contributed by atoms with Gasteiger partial charge in [-0.2, -0.15) is 17.0 Å². The molecule has 0 aromatic carbocycles. The molecule has 0 spiro atoms. The highest BCUT2D eigenvalue weighted by Gasteiger charge is 2.48. The summed E-state index contributed by atoms with van der Waals surface area (Å²) in [6, 6.07) is -4.23. The fraction of sp³-hybridized carbons (Fsp3) is 0.839. The molecule has 2 fully saturated rings. The third-order valence-corrected chi connectivity index (χ3v) is 11.2. The van der Waals surface area contributed by atoms with E-state index in [-0.39, 0.29) is 36.8 Å². The van der Waals surface area contributed by atoms with Gasteiger partial charge >= 0.3 is 6.03 Å². The zero-order valence-electron chi connectivity index (χ0n) is 29.3. The predicted octanol–water partition coefficient (Wildman–Crippen LogP) is 1.07. The summed E-state index contributed by atoms with van der Waals surface area (Å²) in [4.78, 5) is 67.5. The Balaban J connectivity index is 2.31. The normalized spacial score (nSPS) is 21.2. The molecule has 264 valence electrons. The fourth-order valence-corrected chi connectivity index (χ4v) is 6.95. The largest absolute Gasteiger partial charge is 0.363 e. The molecule has 1 heterocycles. The van der Waals surface area contributed by atoms with Gasteiger partial charge in [0.05, 0.1) is 6.04 Å². The van der Waals surface area contributed by atoms with Crippen LogP contribution in [-0.2, 0) is 29.4 Å². The lowest BCUT2D eigenvalue weighted by Gasteiger charge is -2.38. The van der Waals surface area contributed by atoms with Crippen LogP contribution in [-0.4, -0.2) is 110 Å². The quantitative estimate of drug-likeness (QED) is 0.187. The zero-order valence-corrected chi connectivity index (χ0v) is 30.1. The topological polar surface area (TPSA) is 191 Å². The van der Waals surface area contributed by atoms with Gasteiger partial charge in [0.25, 0.3) is 16.1 Å². The molecule has 15 heteroatoms. The van der Waals surface area contributed by atoms with E-state index in [1.54, 1.807) is 20.8 Å². The number of rotatable bonds is 15. The van der Waals surface area contributed by atoms with Crippen LogP contribution in [0.5, 0.6) is 0 Å². The first-order valence-corrected chi connectivity index (χ1v) is 17.6. The third kappa shape index (κ3) is 9.86. The van der Waals surface area contributed by atoms with Gasteiger partial charge in [-0.1, -0.05) is 67.7 Å². The zero-order chi connectivity index (χ0) is 35.3. The van der Waals surface area contributed by atoms with E-state index in [2.05, 4.69) is 16.0 Å². The number of primary amides is 1. The number of nitrogens with one attached hydrogen (secondary N) is 3. The first kappa shape index (κ1) is 39.4. The molecule has 1 aliphatic carbocycles. The molecule has 2 unspecified atom stereocenters. The van der Waals surface area contributed by atoms with Crippen LogP contribution in [0.3, 0.4) is 0 Å². The van der Waals surface area contributed by atoms with E-state index in [0.717, 1.165) is 27.9 Å². The maximum Gasteiger partial charge on any atom is 0.315 e. The number of carbonyl (C=O) groups is 5. The Hall–Kier alpha value is -2.78. The Morgan fingerprint density at radius 3 is 1.96 bits per heavy atom. The van der Waals surface area contributed by atoms with Crippen LogP contribution in [0.2, 0.25) is 0 Å². The van der Waals surface area contributed by atoms with Crippen molar-refractivity contribution in [3.05, 3.63) is 0 Å². The van der Waals surface area contributed by atoms with E-state index < -0.39 is 69.3 Å². The monoisotopic (exact) mass is 671 g/mol. The molecule has 0 bridgehead atoms. The van der Waals surface area contributed by atoms with E-state index in [1.165, 1.54) is 26.0 Å². The molecule has 1 saturated heterocycles. The Kier molecular flexibility index (Phi) is 13.6. The second kappa shape index (κ2) is 15.9. The fourth-order valence-electron chi connectivity index (χ4n) is 6.05. The van der Waals surface area contributed by atoms with Crippen LogP contribution < -0.4 is 21.7 Å². The smallest absolute Gasteiger partial charge is 0.315 e. The average Bonchev–Trinajstić information content (AvgIpc) is 3.36. The molecule has 5 amide bonds. The van der Waals surface area contributed by atoms with Crippen LogP contribution in [0.1, 0.15) is 80.6 Å². The number of urea groups is 1. The summed E-state index contributed by atoms with van der Waals surface area (Å²) >= 11 is 0. The summed E-state index contributed by atoms with van der Waals surface area (Å²) in [5, 5.41) is 8.41. The van der Waals surface area contributed by atoms with Gasteiger partial charge in [-0.15, -0.1) is 0 Å². The minimum atomic E-state index is -3.71. The summed E-state index contributed by atoms with van der Waals surface area (Å²) in [6.45, 7) is 13.3. The highest BCUT2D eigenvalue weighted by molar-refractivity contribution is 7.86. The Bertz CT molecular complexity index is 1230. The van der Waals surface area contributed by atoms with Crippen molar-refractivity contribution in [2.45, 2.75) is 105 Å². The summed E-state index contributed by atoms with van der Waals surface area (Å²) in [5.41, 5.74) is 4.55. The molecule has 46 heavy (non-hydrogen) atoms. The van der Waals surface area contributed by atoms with E-state index in [0.29, 0.717) is 12.8 Å². The number of likely N-dealkylation sites (tertiary alicyclic amines) is 1. The third-order valence-electron chi connectivity index (χ3n) is 9.34. The van der Waals surface area contributed by atoms with Gasteiger partial charge < -0.3 is 26.6 Å². The van der Waals surface area contributed by atoms with Gasteiger partial charge in [0.15, 0.2) is 0 Å². The number of ketones is 1. The molecule has 2 aliphatic rings. The van der Waals surface area contributed by atoms with E-state index in [1.807, 2.05) is 27.7 Å². The van der Waals surface area contributed by atoms with Crippen LogP contribution in [0, 0.1) is 29.1 Å². The number of hydrogen-bond donors (Lipinski definition) is 4. The molecule has 5 atom stereocenters. The van der Waals surface area contributed by atoms with Crippen molar-refractivity contribution < 1.29 is 32.4 Å². The second-order valence-corrected chi connectivity index (χ2v) is 17.1. The highest BCUT2D eigenvalue weighted by Crippen LogP contribution is 2.34. The molecule has 2 rings (SSSR count). The average molecular weight is 672 g/mol. The van der Waals surface area contributed by atoms with Gasteiger partial charge in [0.1, 0.15) is 12.1 Å². The molecule has 0 radical (unpaired) electrons. The van der Waals surface area contributed by atoms with Crippen LogP contribution in [0.25, 0.3) is 0 Å². The van der Waals surface area contributed by atoms with Gasteiger partial charge in [-0.25, -0.2) is 4.79 Å². The number of amides is 5. The number of nitrogens with zero attached hydrogens (tertiary/aromatic N) is 3. The minimum Gasteiger partial charge on any atom is -0.363 e. The van der Waals surface area contributed by atoms with Crippen LogP contribution in [0.4, 0.5) is 4.79 Å². The second-order valence-electron chi connectivity index (χ2n) is 14.8. The lowest BCUT2D eigenvalue weighted by Crippen LogP contribution is -2.62. The van der Waals surface area contributed by atoms with Crippen molar-refractivity contribution in [3.63, 3.8) is 0 Å². The number of likely N-dealkylation sites (N-methyl/N-ethyl adjacent to an activating group) is 1. The van der Waals surface area contributed by atoms with Crippen molar-refractivity contribution >= 4 is 39.7 Å².